The molecule has 110 valence electrons. The van der Waals surface area contributed by atoms with Gasteiger partial charge in [0.05, 0.1) is 19.6 Å². The third kappa shape index (κ3) is 2.79. The smallest absolute Gasteiger partial charge is 0.205 e. The molecule has 0 spiro atoms. The molecule has 0 aliphatic carbocycles. The Morgan fingerprint density at radius 1 is 1.33 bits per heavy atom. The maximum Gasteiger partial charge on any atom is 0.205 e. The summed E-state index contributed by atoms with van der Waals surface area (Å²) in [4.78, 5) is 0. The SMILES string of the molecule is CCOC1=C(C)OC(N)=C(C#N)C1c1ccc(OC)cc1. The fourth-order valence-corrected chi connectivity index (χ4v) is 2.32. The quantitative estimate of drug-likeness (QED) is 0.920. The lowest BCUT2D eigenvalue weighted by molar-refractivity contribution is 0.165. The summed E-state index contributed by atoms with van der Waals surface area (Å²) in [6, 6.07) is 9.60. The zero-order valence-electron chi connectivity index (χ0n) is 12.3. The third-order valence-electron chi connectivity index (χ3n) is 3.30. The molecule has 0 amide bonds. The number of benzene rings is 1. The molecule has 21 heavy (non-hydrogen) atoms. The van der Waals surface area contributed by atoms with Gasteiger partial charge in [-0.2, -0.15) is 5.26 Å². The molecule has 1 unspecified atom stereocenters. The van der Waals surface area contributed by atoms with Gasteiger partial charge in [0.25, 0.3) is 0 Å². The zero-order valence-corrected chi connectivity index (χ0v) is 12.3. The Labute approximate surface area is 124 Å². The van der Waals surface area contributed by atoms with Crippen molar-refractivity contribution in [1.82, 2.24) is 0 Å². The average molecular weight is 286 g/mol. The van der Waals surface area contributed by atoms with Crippen LogP contribution < -0.4 is 10.5 Å². The van der Waals surface area contributed by atoms with Gasteiger partial charge in [0, 0.05) is 0 Å². The zero-order chi connectivity index (χ0) is 15.4. The average Bonchev–Trinajstić information content (AvgIpc) is 2.50. The summed E-state index contributed by atoms with van der Waals surface area (Å²) < 4.78 is 16.3. The highest BCUT2D eigenvalue weighted by Crippen LogP contribution is 2.39. The maximum atomic E-state index is 9.40. The molecule has 2 N–H and O–H groups in total. The van der Waals surface area contributed by atoms with E-state index in [2.05, 4.69) is 6.07 Å². The Morgan fingerprint density at radius 2 is 2.00 bits per heavy atom. The summed E-state index contributed by atoms with van der Waals surface area (Å²) >= 11 is 0. The van der Waals surface area contributed by atoms with Crippen LogP contribution in [0.25, 0.3) is 0 Å². The van der Waals surface area contributed by atoms with Gasteiger partial charge in [-0.25, -0.2) is 0 Å². The number of nitrogens with zero attached hydrogens (tertiary/aromatic N) is 1. The van der Waals surface area contributed by atoms with Crippen LogP contribution in [0.5, 0.6) is 5.75 Å². The number of nitrogens with two attached hydrogens (primary N) is 1. The first-order chi connectivity index (χ1) is 10.1. The van der Waals surface area contributed by atoms with Crippen molar-refractivity contribution in [3.05, 3.63) is 52.8 Å². The van der Waals surface area contributed by atoms with Gasteiger partial charge in [0.1, 0.15) is 28.9 Å². The first-order valence-corrected chi connectivity index (χ1v) is 6.67. The molecule has 2 rings (SSSR count). The second-order valence-electron chi connectivity index (χ2n) is 4.55. The minimum atomic E-state index is -0.352. The molecule has 1 aromatic carbocycles. The number of methoxy groups -OCH3 is 1. The predicted octanol–water partition coefficient (Wildman–Crippen LogP) is 2.77. The summed E-state index contributed by atoms with van der Waals surface area (Å²) in [6.07, 6.45) is 0. The van der Waals surface area contributed by atoms with Gasteiger partial charge < -0.3 is 19.9 Å². The largest absolute Gasteiger partial charge is 0.497 e. The van der Waals surface area contributed by atoms with E-state index in [1.54, 1.807) is 14.0 Å². The first-order valence-electron chi connectivity index (χ1n) is 6.67. The first kappa shape index (κ1) is 14.8. The monoisotopic (exact) mass is 286 g/mol. The number of ether oxygens (including phenoxy) is 3. The van der Waals surface area contributed by atoms with Crippen LogP contribution in [0.4, 0.5) is 0 Å². The molecule has 1 atom stereocenters. The summed E-state index contributed by atoms with van der Waals surface area (Å²) in [5, 5.41) is 9.40. The van der Waals surface area contributed by atoms with Gasteiger partial charge in [-0.15, -0.1) is 0 Å². The number of hydrogen-bond acceptors (Lipinski definition) is 5. The minimum absolute atomic E-state index is 0.124. The highest BCUT2D eigenvalue weighted by molar-refractivity contribution is 5.47. The Bertz CT molecular complexity index is 624. The van der Waals surface area contributed by atoms with Crippen LogP contribution in [0.2, 0.25) is 0 Å². The van der Waals surface area contributed by atoms with Crippen molar-refractivity contribution in [3.63, 3.8) is 0 Å². The molecule has 5 nitrogen and oxygen atoms in total. The summed E-state index contributed by atoms with van der Waals surface area (Å²) in [5.74, 6) is 1.72. The van der Waals surface area contributed by atoms with E-state index in [1.165, 1.54) is 0 Å². The van der Waals surface area contributed by atoms with E-state index in [0.29, 0.717) is 23.7 Å². The lowest BCUT2D eigenvalue weighted by Gasteiger charge is -2.27. The van der Waals surface area contributed by atoms with Gasteiger partial charge in [0.15, 0.2) is 0 Å². The van der Waals surface area contributed by atoms with Crippen LogP contribution in [-0.4, -0.2) is 13.7 Å². The molecular formula is C16H18N2O3. The van der Waals surface area contributed by atoms with Crippen molar-refractivity contribution in [2.24, 2.45) is 5.73 Å². The second-order valence-corrected chi connectivity index (χ2v) is 4.55. The van der Waals surface area contributed by atoms with Gasteiger partial charge in [-0.3, -0.25) is 0 Å². The predicted molar refractivity (Wildman–Crippen MR) is 78.0 cm³/mol. The van der Waals surface area contributed by atoms with E-state index in [-0.39, 0.29) is 11.8 Å². The number of hydrogen-bond donors (Lipinski definition) is 1. The van der Waals surface area contributed by atoms with Crippen molar-refractivity contribution in [2.45, 2.75) is 19.8 Å². The van der Waals surface area contributed by atoms with E-state index < -0.39 is 0 Å². The number of nitriles is 1. The molecule has 1 aromatic rings. The van der Waals surface area contributed by atoms with Crippen LogP contribution >= 0.6 is 0 Å². The molecular weight excluding hydrogens is 268 g/mol. The highest BCUT2D eigenvalue weighted by Gasteiger charge is 2.32. The molecule has 0 saturated carbocycles. The normalized spacial score (nSPS) is 18.1. The van der Waals surface area contributed by atoms with E-state index >= 15 is 0 Å². The van der Waals surface area contributed by atoms with E-state index in [9.17, 15) is 5.26 Å². The summed E-state index contributed by atoms with van der Waals surface area (Å²) in [7, 11) is 1.61. The fourth-order valence-electron chi connectivity index (χ4n) is 2.32. The van der Waals surface area contributed by atoms with Crippen LogP contribution in [0, 0.1) is 11.3 Å². The van der Waals surface area contributed by atoms with Crippen molar-refractivity contribution < 1.29 is 14.2 Å². The summed E-state index contributed by atoms with van der Waals surface area (Å²) in [6.45, 7) is 4.16. The van der Waals surface area contributed by atoms with Crippen LogP contribution in [0.3, 0.4) is 0 Å². The highest BCUT2D eigenvalue weighted by atomic mass is 16.5. The summed E-state index contributed by atoms with van der Waals surface area (Å²) in [5.41, 5.74) is 7.10. The van der Waals surface area contributed by atoms with Crippen molar-refractivity contribution in [2.75, 3.05) is 13.7 Å². The van der Waals surface area contributed by atoms with Crippen molar-refractivity contribution in [3.8, 4) is 11.8 Å². The Kier molecular flexibility index (Phi) is 4.39. The third-order valence-corrected chi connectivity index (χ3v) is 3.30. The topological polar surface area (TPSA) is 77.5 Å². The van der Waals surface area contributed by atoms with Crippen molar-refractivity contribution >= 4 is 0 Å². The molecule has 0 radical (unpaired) electrons. The fraction of sp³-hybridized carbons (Fsp3) is 0.312. The molecule has 0 aromatic heterocycles. The second kappa shape index (κ2) is 6.23. The minimum Gasteiger partial charge on any atom is -0.497 e. The Hall–Kier alpha value is -2.61. The molecule has 0 saturated heterocycles. The van der Waals surface area contributed by atoms with E-state index in [4.69, 9.17) is 19.9 Å². The van der Waals surface area contributed by atoms with Gasteiger partial charge >= 0.3 is 0 Å². The van der Waals surface area contributed by atoms with Gasteiger partial charge in [-0.05, 0) is 31.5 Å². The molecule has 5 heteroatoms. The molecule has 0 bridgehead atoms. The lowest BCUT2D eigenvalue weighted by atomic mass is 9.88. The van der Waals surface area contributed by atoms with Crippen molar-refractivity contribution in [1.29, 1.82) is 5.26 Å². The molecule has 0 fully saturated rings. The number of rotatable bonds is 4. The molecule has 1 aliphatic heterocycles. The van der Waals surface area contributed by atoms with Crippen LogP contribution in [-0.2, 0) is 9.47 Å². The van der Waals surface area contributed by atoms with Gasteiger partial charge in [0.2, 0.25) is 5.88 Å². The van der Waals surface area contributed by atoms with Crippen LogP contribution in [0.1, 0.15) is 25.3 Å². The number of allylic oxidation sites excluding steroid dienone is 2. The Morgan fingerprint density at radius 3 is 2.52 bits per heavy atom. The van der Waals surface area contributed by atoms with E-state index in [0.717, 1.165) is 11.3 Å². The van der Waals surface area contributed by atoms with E-state index in [1.807, 2.05) is 31.2 Å². The lowest BCUT2D eigenvalue weighted by Crippen LogP contribution is -2.21. The van der Waals surface area contributed by atoms with Gasteiger partial charge in [-0.1, -0.05) is 12.1 Å². The standard InChI is InChI=1S/C16H18N2O3/c1-4-20-15-10(2)21-16(18)13(9-17)14(15)11-5-7-12(19-3)8-6-11/h5-8,14H,4,18H2,1-3H3. The Balaban J connectivity index is 2.51. The molecule has 1 aliphatic rings. The van der Waals surface area contributed by atoms with Crippen LogP contribution in [0.15, 0.2) is 47.2 Å². The molecule has 1 heterocycles. The maximum absolute atomic E-state index is 9.40.